The van der Waals surface area contributed by atoms with Gasteiger partial charge in [0.15, 0.2) is 0 Å². The van der Waals surface area contributed by atoms with Crippen LogP contribution in [0.15, 0.2) is 164 Å². The third-order valence-corrected chi connectivity index (χ3v) is 10.7. The van der Waals surface area contributed by atoms with Crippen molar-refractivity contribution in [2.75, 3.05) is 26.2 Å². The molecule has 6 aromatic rings. The van der Waals surface area contributed by atoms with Crippen LogP contribution in [0.3, 0.4) is 0 Å². The van der Waals surface area contributed by atoms with Crippen LogP contribution in [-0.4, -0.2) is 42.6 Å². The van der Waals surface area contributed by atoms with Gasteiger partial charge in [-0.2, -0.15) is 21.9 Å². The number of carbonyl (C=O) groups excluding carboxylic acids is 1. The number of nitrogens with zero attached hydrogens (tertiary/aromatic N) is 1. The highest BCUT2D eigenvalue weighted by Gasteiger charge is 2.31. The molecule has 0 aliphatic heterocycles. The molecule has 0 saturated carbocycles. The van der Waals surface area contributed by atoms with Crippen LogP contribution in [-0.2, 0) is 0 Å². The molecule has 0 aromatic heterocycles. The molecule has 0 radical (unpaired) electrons. The smallest absolute Gasteiger partial charge is 0.216 e. The Bertz CT molecular complexity index is 1700. The van der Waals surface area contributed by atoms with Crippen LogP contribution in [0.25, 0.3) is 10.8 Å². The van der Waals surface area contributed by atoms with E-state index < -0.39 is 6.15 Å². The Kier molecular flexibility index (Phi) is 14.0. The third-order valence-electron chi connectivity index (χ3n) is 10.7. The minimum atomic E-state index is -1.22. The fourth-order valence-electron chi connectivity index (χ4n) is 7.93. The number of ketones is 1. The molecule has 3 heteroatoms. The number of hydrogen-bond acceptors (Lipinski definition) is 1. The van der Waals surface area contributed by atoms with Gasteiger partial charge in [-0.15, -0.1) is 0 Å². The molecule has 262 valence electrons. The first-order valence-electron chi connectivity index (χ1n) is 19.3. The fraction of sp³-hybridized carbons (Fsp3) is 0.271. The van der Waals surface area contributed by atoms with Crippen LogP contribution >= 0.6 is 0 Å². The average molecular weight is 674 g/mol. The first kappa shape index (κ1) is 37.5. The molecule has 0 amide bonds. The highest BCUT2D eigenvalue weighted by atomic mass is 16.1. The van der Waals surface area contributed by atoms with E-state index in [-0.39, 0.29) is 0 Å². The molecule has 0 unspecified atom stereocenters. The third kappa shape index (κ3) is 9.34. The Morgan fingerprint density at radius 2 is 0.804 bits per heavy atom. The van der Waals surface area contributed by atoms with Gasteiger partial charge in [-0.25, -0.2) is 0 Å². The Labute approximate surface area is 307 Å². The number of fused-ring (bicyclic) bond motifs is 1. The van der Waals surface area contributed by atoms with Gasteiger partial charge in [0.25, 0.3) is 0 Å². The molecule has 0 spiro atoms. The first-order valence-corrected chi connectivity index (χ1v) is 19.3. The lowest BCUT2D eigenvalue weighted by Gasteiger charge is -2.44. The van der Waals surface area contributed by atoms with Crippen molar-refractivity contribution in [1.82, 2.24) is 0 Å². The number of hydrogen-bond donors (Lipinski definition) is 0. The van der Waals surface area contributed by atoms with E-state index in [0.29, 0.717) is 12.3 Å². The van der Waals surface area contributed by atoms with Gasteiger partial charge in [0.05, 0.1) is 19.6 Å². The fourth-order valence-corrected chi connectivity index (χ4v) is 7.93. The lowest BCUT2D eigenvalue weighted by molar-refractivity contribution is -0.921. The summed E-state index contributed by atoms with van der Waals surface area (Å²) in [4.78, 5) is 13.2. The topological polar surface area (TPSA) is 17.1 Å². The molecule has 0 bridgehead atoms. The summed E-state index contributed by atoms with van der Waals surface area (Å²) in [5.41, 5.74) is 6.23. The lowest BCUT2D eigenvalue weighted by atomic mass is 9.13. The zero-order valence-corrected chi connectivity index (χ0v) is 31.1. The van der Waals surface area contributed by atoms with Gasteiger partial charge in [0.2, 0.25) is 5.78 Å². The SMILES string of the molecule is CCCC[N+](CCCC)(CCCC)CC(=O)c1ccc2ccccc2c1.c1ccc([B-](c2ccccc2)(c2ccccc2)c2ccccc2)cc1. The number of benzene rings is 6. The minimum Gasteiger partial charge on any atom is -0.317 e. The molecular formula is C48H56BNO. The maximum Gasteiger partial charge on any atom is 0.216 e. The van der Waals surface area contributed by atoms with Crippen molar-refractivity contribution in [2.24, 2.45) is 0 Å². The van der Waals surface area contributed by atoms with Crippen LogP contribution in [0.1, 0.15) is 69.7 Å². The average Bonchev–Trinajstić information content (AvgIpc) is 3.20. The van der Waals surface area contributed by atoms with Gasteiger partial charge in [0.1, 0.15) is 12.7 Å². The number of Topliss-reactive ketones (excluding diaryl/α,β-unsaturated/α-hetero) is 1. The van der Waals surface area contributed by atoms with Crippen LogP contribution in [0.2, 0.25) is 0 Å². The molecule has 0 aliphatic rings. The summed E-state index contributed by atoms with van der Waals surface area (Å²) in [5, 5.41) is 2.36. The monoisotopic (exact) mass is 673 g/mol. The van der Waals surface area contributed by atoms with Crippen molar-refractivity contribution in [2.45, 2.75) is 59.3 Å². The van der Waals surface area contributed by atoms with Crippen LogP contribution in [0.4, 0.5) is 0 Å². The van der Waals surface area contributed by atoms with E-state index in [4.69, 9.17) is 0 Å². The van der Waals surface area contributed by atoms with Crippen molar-refractivity contribution < 1.29 is 9.28 Å². The van der Waals surface area contributed by atoms with E-state index >= 15 is 0 Å². The van der Waals surface area contributed by atoms with Crippen LogP contribution in [0.5, 0.6) is 0 Å². The molecule has 0 atom stereocenters. The molecular weight excluding hydrogens is 617 g/mol. The summed E-state index contributed by atoms with van der Waals surface area (Å²) in [6.07, 6.45) is 6.00. The second-order valence-corrected chi connectivity index (χ2v) is 14.2. The molecule has 0 N–H and O–H groups in total. The van der Waals surface area contributed by atoms with Crippen LogP contribution in [0, 0.1) is 0 Å². The highest BCUT2D eigenvalue weighted by Crippen LogP contribution is 2.20. The summed E-state index contributed by atoms with van der Waals surface area (Å²) in [6, 6.07) is 58.0. The predicted molar refractivity (Wildman–Crippen MR) is 223 cm³/mol. The molecule has 6 aromatic carbocycles. The zero-order valence-electron chi connectivity index (χ0n) is 31.1. The summed E-state index contributed by atoms with van der Waals surface area (Å²) in [7, 11) is 0. The maximum absolute atomic E-state index is 13.2. The van der Waals surface area contributed by atoms with E-state index in [2.05, 4.69) is 166 Å². The standard InChI is InChI=1S/C24H20B.C24H36NO/c1-5-13-21(14-6-1)25(22-15-7-2-8-16-22,23-17-9-3-10-18-23)24-19-11-4-12-20-24;1-4-7-16-25(17-8-5-2,18-9-6-3)20-24(26)23-15-14-21-12-10-11-13-22(21)19-23/h1-20H;10-15,19H,4-9,16-18,20H2,1-3H3/q-1;+1. The summed E-state index contributed by atoms with van der Waals surface area (Å²) >= 11 is 0. The van der Waals surface area contributed by atoms with E-state index in [0.717, 1.165) is 35.1 Å². The number of quaternary nitrogens is 1. The normalized spacial score (nSPS) is 11.5. The van der Waals surface area contributed by atoms with Crippen molar-refractivity contribution in [3.05, 3.63) is 169 Å². The number of carbonyl (C=O) groups is 1. The van der Waals surface area contributed by atoms with Gasteiger partial charge in [0, 0.05) is 5.56 Å². The maximum atomic E-state index is 13.2. The van der Waals surface area contributed by atoms with E-state index in [1.54, 1.807) is 0 Å². The molecule has 6 rings (SSSR count). The lowest BCUT2D eigenvalue weighted by Crippen LogP contribution is -2.74. The number of unbranched alkanes of at least 4 members (excludes halogenated alkanes) is 3. The quantitative estimate of drug-likeness (QED) is 0.0569. The Morgan fingerprint density at radius 1 is 0.451 bits per heavy atom. The molecule has 0 aliphatic carbocycles. The van der Waals surface area contributed by atoms with Crippen LogP contribution < -0.4 is 21.9 Å². The predicted octanol–water partition coefficient (Wildman–Crippen LogP) is 9.30. The summed E-state index contributed by atoms with van der Waals surface area (Å²) in [5.74, 6) is 0.305. The molecule has 2 nitrogen and oxygen atoms in total. The van der Waals surface area contributed by atoms with Crippen molar-refractivity contribution in [1.29, 1.82) is 0 Å². The first-order chi connectivity index (χ1) is 25.1. The summed E-state index contributed by atoms with van der Waals surface area (Å²) in [6.45, 7) is 10.8. The van der Waals surface area contributed by atoms with Crippen molar-refractivity contribution >= 4 is 44.6 Å². The van der Waals surface area contributed by atoms with E-state index in [1.165, 1.54) is 65.8 Å². The Morgan fingerprint density at radius 3 is 1.18 bits per heavy atom. The minimum absolute atomic E-state index is 0.305. The Hall–Kier alpha value is -4.73. The van der Waals surface area contributed by atoms with Gasteiger partial charge in [-0.05, 0) is 36.1 Å². The Balaban J connectivity index is 0.000000198. The van der Waals surface area contributed by atoms with Crippen molar-refractivity contribution in [3.8, 4) is 0 Å². The molecule has 0 fully saturated rings. The van der Waals surface area contributed by atoms with Gasteiger partial charge < -0.3 is 4.48 Å². The molecule has 51 heavy (non-hydrogen) atoms. The second kappa shape index (κ2) is 19.0. The zero-order chi connectivity index (χ0) is 35.8. The largest absolute Gasteiger partial charge is 0.317 e. The van der Waals surface area contributed by atoms with Crippen molar-refractivity contribution in [3.63, 3.8) is 0 Å². The van der Waals surface area contributed by atoms with Gasteiger partial charge in [-0.3, -0.25) is 4.79 Å². The second-order valence-electron chi connectivity index (χ2n) is 14.2. The van der Waals surface area contributed by atoms with E-state index in [9.17, 15) is 4.79 Å². The van der Waals surface area contributed by atoms with Gasteiger partial charge in [-0.1, -0.05) is 198 Å². The van der Waals surface area contributed by atoms with E-state index in [1.807, 2.05) is 18.2 Å². The highest BCUT2D eigenvalue weighted by molar-refractivity contribution is 7.19. The molecule has 0 saturated heterocycles. The summed E-state index contributed by atoms with van der Waals surface area (Å²) < 4.78 is 0.973. The molecule has 0 heterocycles. The van der Waals surface area contributed by atoms with Gasteiger partial charge >= 0.3 is 0 Å². The number of rotatable bonds is 16.